The lowest BCUT2D eigenvalue weighted by molar-refractivity contribution is -0.384. The number of carbonyl (C=O) groups is 2. The van der Waals surface area contributed by atoms with E-state index >= 15 is 0 Å². The molecular formula is C22H22ClN3O6. The third-order valence-electron chi connectivity index (χ3n) is 4.83. The van der Waals surface area contributed by atoms with E-state index in [0.717, 1.165) is 4.90 Å². The lowest BCUT2D eigenvalue weighted by atomic mass is 10.0. The number of rotatable bonds is 10. The van der Waals surface area contributed by atoms with Crippen LogP contribution in [0.2, 0.25) is 5.02 Å². The minimum atomic E-state index is -0.532. The van der Waals surface area contributed by atoms with Crippen molar-refractivity contribution in [2.75, 3.05) is 32.2 Å². The quantitative estimate of drug-likeness (QED) is 0.248. The number of nitro groups is 1. The highest BCUT2D eigenvalue weighted by atomic mass is 35.5. The molecule has 1 aliphatic rings. The van der Waals surface area contributed by atoms with Gasteiger partial charge in [-0.25, -0.2) is 0 Å². The van der Waals surface area contributed by atoms with Crippen LogP contribution >= 0.6 is 11.6 Å². The Balaban J connectivity index is 2.01. The van der Waals surface area contributed by atoms with Crippen molar-refractivity contribution in [1.82, 2.24) is 4.90 Å². The minimum Gasteiger partial charge on any atom is -0.495 e. The van der Waals surface area contributed by atoms with Crippen LogP contribution in [0.3, 0.4) is 0 Å². The second kappa shape index (κ2) is 10.3. The number of benzene rings is 2. The molecule has 168 valence electrons. The van der Waals surface area contributed by atoms with Crippen molar-refractivity contribution in [3.63, 3.8) is 0 Å². The van der Waals surface area contributed by atoms with Crippen molar-refractivity contribution in [3.05, 3.63) is 68.9 Å². The van der Waals surface area contributed by atoms with Crippen molar-refractivity contribution >= 4 is 40.4 Å². The van der Waals surface area contributed by atoms with Crippen molar-refractivity contribution in [2.24, 2.45) is 0 Å². The van der Waals surface area contributed by atoms with E-state index in [-0.39, 0.29) is 23.5 Å². The van der Waals surface area contributed by atoms with Gasteiger partial charge in [0, 0.05) is 36.9 Å². The number of nitrogens with one attached hydrogen (secondary N) is 1. The summed E-state index contributed by atoms with van der Waals surface area (Å²) in [4.78, 5) is 38.0. The van der Waals surface area contributed by atoms with Crippen LogP contribution in [-0.4, -0.2) is 48.5 Å². The molecule has 0 fully saturated rings. The third-order valence-corrected chi connectivity index (χ3v) is 5.07. The predicted octanol–water partition coefficient (Wildman–Crippen LogP) is 3.88. The summed E-state index contributed by atoms with van der Waals surface area (Å²) < 4.78 is 10.6. The molecule has 1 N–H and O–H groups in total. The summed E-state index contributed by atoms with van der Waals surface area (Å²) in [6, 6.07) is 10.3. The Hall–Kier alpha value is -3.43. The third kappa shape index (κ3) is 4.90. The molecule has 3 rings (SSSR count). The largest absolute Gasteiger partial charge is 0.495 e. The molecule has 1 aliphatic heterocycles. The molecule has 32 heavy (non-hydrogen) atoms. The number of ether oxygens (including phenoxy) is 2. The van der Waals surface area contributed by atoms with Gasteiger partial charge in [0.1, 0.15) is 11.4 Å². The smallest absolute Gasteiger partial charge is 0.278 e. The van der Waals surface area contributed by atoms with Crippen LogP contribution in [-0.2, 0) is 14.3 Å². The SMILES string of the molecule is CCOCCCN1C(=O)C(Nc2cc(Cl)ccc2OC)=C(c2ccc([N+](=O)[O-])cc2)C1=O. The standard InChI is InChI=1S/C22H22ClN3O6/c1-3-32-12-4-11-25-21(27)19(14-5-8-16(9-6-14)26(29)30)20(22(25)28)24-17-13-15(23)7-10-18(17)31-2/h5-10,13,24H,3-4,11-12H2,1-2H3. The summed E-state index contributed by atoms with van der Waals surface area (Å²) in [5.74, 6) is -0.578. The number of anilines is 1. The summed E-state index contributed by atoms with van der Waals surface area (Å²) in [7, 11) is 1.47. The summed E-state index contributed by atoms with van der Waals surface area (Å²) in [5, 5.41) is 14.4. The number of nitro benzene ring substituents is 1. The Morgan fingerprint density at radius 2 is 1.84 bits per heavy atom. The Morgan fingerprint density at radius 1 is 1.12 bits per heavy atom. The normalized spacial score (nSPS) is 13.7. The van der Waals surface area contributed by atoms with E-state index in [4.69, 9.17) is 21.1 Å². The molecule has 0 radical (unpaired) electrons. The van der Waals surface area contributed by atoms with Gasteiger partial charge in [-0.2, -0.15) is 0 Å². The van der Waals surface area contributed by atoms with E-state index in [1.54, 1.807) is 18.2 Å². The molecule has 0 aromatic heterocycles. The van der Waals surface area contributed by atoms with E-state index in [1.165, 1.54) is 31.4 Å². The van der Waals surface area contributed by atoms with Crippen LogP contribution in [0, 0.1) is 10.1 Å². The second-order valence-corrected chi connectivity index (χ2v) is 7.27. The Bertz CT molecular complexity index is 1070. The molecule has 10 heteroatoms. The van der Waals surface area contributed by atoms with Crippen molar-refractivity contribution < 1.29 is 24.0 Å². The lowest BCUT2D eigenvalue weighted by Crippen LogP contribution is -2.34. The first-order valence-electron chi connectivity index (χ1n) is 9.91. The zero-order valence-electron chi connectivity index (χ0n) is 17.6. The summed E-state index contributed by atoms with van der Waals surface area (Å²) in [6.07, 6.45) is 0.479. The molecule has 1 heterocycles. The van der Waals surface area contributed by atoms with Gasteiger partial charge < -0.3 is 14.8 Å². The lowest BCUT2D eigenvalue weighted by Gasteiger charge is -2.16. The predicted molar refractivity (Wildman–Crippen MR) is 119 cm³/mol. The van der Waals surface area contributed by atoms with Gasteiger partial charge in [0.15, 0.2) is 0 Å². The average Bonchev–Trinajstić information content (AvgIpc) is 3.01. The Labute approximate surface area is 189 Å². The van der Waals surface area contributed by atoms with Gasteiger partial charge in [0.05, 0.1) is 23.3 Å². The fourth-order valence-corrected chi connectivity index (χ4v) is 3.47. The maximum Gasteiger partial charge on any atom is 0.278 e. The maximum absolute atomic E-state index is 13.2. The number of non-ortho nitro benzene ring substituents is 1. The van der Waals surface area contributed by atoms with Crippen LogP contribution in [0.5, 0.6) is 5.75 Å². The van der Waals surface area contributed by atoms with E-state index in [0.29, 0.717) is 41.7 Å². The van der Waals surface area contributed by atoms with Gasteiger partial charge >= 0.3 is 0 Å². The molecule has 0 spiro atoms. The minimum absolute atomic E-state index is 0.0424. The average molecular weight is 460 g/mol. The van der Waals surface area contributed by atoms with E-state index in [2.05, 4.69) is 5.32 Å². The number of hydrogen-bond acceptors (Lipinski definition) is 7. The monoisotopic (exact) mass is 459 g/mol. The van der Waals surface area contributed by atoms with Gasteiger partial charge in [-0.1, -0.05) is 11.6 Å². The van der Waals surface area contributed by atoms with Gasteiger partial charge in [0.25, 0.3) is 17.5 Å². The number of halogens is 1. The molecule has 0 saturated carbocycles. The Kier molecular flexibility index (Phi) is 7.45. The second-order valence-electron chi connectivity index (χ2n) is 6.84. The van der Waals surface area contributed by atoms with E-state index < -0.39 is 16.7 Å². The molecule has 2 aromatic carbocycles. The molecule has 9 nitrogen and oxygen atoms in total. The molecule has 0 unspecified atom stereocenters. The van der Waals surface area contributed by atoms with Crippen molar-refractivity contribution in [1.29, 1.82) is 0 Å². The van der Waals surface area contributed by atoms with Crippen molar-refractivity contribution in [3.8, 4) is 5.75 Å². The highest BCUT2D eigenvalue weighted by molar-refractivity contribution is 6.36. The van der Waals surface area contributed by atoms with Gasteiger partial charge in [0.2, 0.25) is 0 Å². The fourth-order valence-electron chi connectivity index (χ4n) is 3.29. The van der Waals surface area contributed by atoms with Crippen LogP contribution in [0.4, 0.5) is 11.4 Å². The van der Waals surface area contributed by atoms with Gasteiger partial charge in [-0.3, -0.25) is 24.6 Å². The van der Waals surface area contributed by atoms with Gasteiger partial charge in [-0.15, -0.1) is 0 Å². The van der Waals surface area contributed by atoms with E-state index in [1.807, 2.05) is 6.92 Å². The fraction of sp³-hybridized carbons (Fsp3) is 0.273. The van der Waals surface area contributed by atoms with Gasteiger partial charge in [-0.05, 0) is 49.2 Å². The highest BCUT2D eigenvalue weighted by Crippen LogP contribution is 2.35. The number of methoxy groups -OCH3 is 1. The number of nitrogens with zero attached hydrogens (tertiary/aromatic N) is 2. The molecular weight excluding hydrogens is 438 g/mol. The molecule has 2 aromatic rings. The number of hydrogen-bond donors (Lipinski definition) is 1. The molecule has 0 bridgehead atoms. The van der Waals surface area contributed by atoms with E-state index in [9.17, 15) is 19.7 Å². The molecule has 0 atom stereocenters. The van der Waals surface area contributed by atoms with Crippen LogP contribution in [0.25, 0.3) is 5.57 Å². The first kappa shape index (κ1) is 23.2. The summed E-state index contributed by atoms with van der Waals surface area (Å²) in [6.45, 7) is 2.98. The zero-order valence-corrected chi connectivity index (χ0v) is 18.3. The van der Waals surface area contributed by atoms with Crippen LogP contribution in [0.15, 0.2) is 48.2 Å². The zero-order chi connectivity index (χ0) is 23.3. The molecule has 0 aliphatic carbocycles. The first-order valence-corrected chi connectivity index (χ1v) is 10.3. The first-order chi connectivity index (χ1) is 15.4. The van der Waals surface area contributed by atoms with Crippen molar-refractivity contribution in [2.45, 2.75) is 13.3 Å². The number of amides is 2. The maximum atomic E-state index is 13.2. The topological polar surface area (TPSA) is 111 Å². The van der Waals surface area contributed by atoms with Crippen LogP contribution < -0.4 is 10.1 Å². The van der Waals surface area contributed by atoms with Crippen LogP contribution in [0.1, 0.15) is 18.9 Å². The summed E-state index contributed by atoms with van der Waals surface area (Å²) >= 11 is 6.10. The molecule has 2 amide bonds. The Morgan fingerprint density at radius 3 is 2.47 bits per heavy atom. The number of carbonyl (C=O) groups excluding carboxylic acids is 2. The molecule has 0 saturated heterocycles. The number of imide groups is 1. The highest BCUT2D eigenvalue weighted by Gasteiger charge is 2.39. The summed E-state index contributed by atoms with van der Waals surface area (Å²) in [5.41, 5.74) is 0.825.